The summed E-state index contributed by atoms with van der Waals surface area (Å²) < 4.78 is 7.31. The number of carbonyl (C=O) groups is 1. The van der Waals surface area contributed by atoms with E-state index >= 15 is 0 Å². The van der Waals surface area contributed by atoms with Gasteiger partial charge in [-0.25, -0.2) is 0 Å². The maximum atomic E-state index is 12.4. The van der Waals surface area contributed by atoms with Crippen molar-refractivity contribution in [2.45, 2.75) is 44.8 Å². The van der Waals surface area contributed by atoms with Gasteiger partial charge in [-0.3, -0.25) is 4.79 Å². The van der Waals surface area contributed by atoms with Gasteiger partial charge in [-0.2, -0.15) is 0 Å². The van der Waals surface area contributed by atoms with E-state index in [-0.39, 0.29) is 11.7 Å². The zero-order chi connectivity index (χ0) is 21.5. The van der Waals surface area contributed by atoms with Crippen LogP contribution >= 0.6 is 11.8 Å². The first kappa shape index (κ1) is 21.9. The second kappa shape index (κ2) is 10.3. The average molecular weight is 425 g/mol. The zero-order valence-corrected chi connectivity index (χ0v) is 18.7. The van der Waals surface area contributed by atoms with E-state index in [4.69, 9.17) is 4.74 Å². The molecule has 1 N–H and O–H groups in total. The van der Waals surface area contributed by atoms with Crippen LogP contribution < -0.4 is 10.1 Å². The summed E-state index contributed by atoms with van der Waals surface area (Å²) in [5, 5.41) is 12.3. The SMILES string of the molecule is CC[C@@H](C)c1ccc(NC(=O)CSc2nnc(-c3cccc(OC)c3)n2CC)cc1. The molecule has 1 atom stereocenters. The summed E-state index contributed by atoms with van der Waals surface area (Å²) in [4.78, 5) is 12.4. The molecule has 0 saturated heterocycles. The predicted octanol–water partition coefficient (Wildman–Crippen LogP) is 5.22. The quantitative estimate of drug-likeness (QED) is 0.477. The Kier molecular flexibility index (Phi) is 7.52. The van der Waals surface area contributed by atoms with Crippen molar-refractivity contribution in [3.8, 4) is 17.1 Å². The molecule has 0 radical (unpaired) electrons. The van der Waals surface area contributed by atoms with Crippen LogP contribution in [0.5, 0.6) is 5.75 Å². The van der Waals surface area contributed by atoms with Gasteiger partial charge in [-0.1, -0.05) is 49.9 Å². The number of aromatic nitrogens is 3. The minimum atomic E-state index is -0.0649. The summed E-state index contributed by atoms with van der Waals surface area (Å²) in [5.41, 5.74) is 3.02. The van der Waals surface area contributed by atoms with Crippen LogP contribution in [0.4, 0.5) is 5.69 Å². The van der Waals surface area contributed by atoms with E-state index in [0.717, 1.165) is 34.4 Å². The molecule has 2 aromatic carbocycles. The number of carbonyl (C=O) groups excluding carboxylic acids is 1. The second-order valence-electron chi connectivity index (χ2n) is 7.05. The smallest absolute Gasteiger partial charge is 0.234 e. The molecule has 0 aliphatic rings. The lowest BCUT2D eigenvalue weighted by molar-refractivity contribution is -0.113. The summed E-state index contributed by atoms with van der Waals surface area (Å²) in [6.45, 7) is 7.12. The fraction of sp³-hybridized carbons (Fsp3) is 0.348. The lowest BCUT2D eigenvalue weighted by Gasteiger charge is -2.11. The molecule has 6 nitrogen and oxygen atoms in total. The Labute approximate surface area is 182 Å². The van der Waals surface area contributed by atoms with Crippen molar-refractivity contribution in [2.24, 2.45) is 0 Å². The second-order valence-corrected chi connectivity index (χ2v) is 7.99. The summed E-state index contributed by atoms with van der Waals surface area (Å²) in [6, 6.07) is 15.8. The van der Waals surface area contributed by atoms with Crippen LogP contribution in [0.25, 0.3) is 11.4 Å². The maximum Gasteiger partial charge on any atom is 0.234 e. The topological polar surface area (TPSA) is 69.0 Å². The van der Waals surface area contributed by atoms with E-state index in [2.05, 4.69) is 41.5 Å². The number of nitrogens with zero attached hydrogens (tertiary/aromatic N) is 3. The van der Waals surface area contributed by atoms with Gasteiger partial charge in [-0.15, -0.1) is 10.2 Å². The van der Waals surface area contributed by atoms with Gasteiger partial charge < -0.3 is 14.6 Å². The number of methoxy groups -OCH3 is 1. The summed E-state index contributed by atoms with van der Waals surface area (Å²) >= 11 is 1.38. The Morgan fingerprint density at radius 3 is 2.60 bits per heavy atom. The minimum Gasteiger partial charge on any atom is -0.497 e. The highest BCUT2D eigenvalue weighted by Gasteiger charge is 2.15. The Morgan fingerprint density at radius 1 is 1.17 bits per heavy atom. The Bertz CT molecular complexity index is 985. The summed E-state index contributed by atoms with van der Waals surface area (Å²) in [6.07, 6.45) is 1.10. The van der Waals surface area contributed by atoms with Crippen LogP contribution in [-0.4, -0.2) is 33.5 Å². The third kappa shape index (κ3) is 5.21. The van der Waals surface area contributed by atoms with Gasteiger partial charge in [0.25, 0.3) is 0 Å². The highest BCUT2D eigenvalue weighted by atomic mass is 32.2. The van der Waals surface area contributed by atoms with Crippen LogP contribution in [0.2, 0.25) is 0 Å². The molecule has 158 valence electrons. The first-order chi connectivity index (χ1) is 14.5. The first-order valence-electron chi connectivity index (χ1n) is 10.2. The third-order valence-electron chi connectivity index (χ3n) is 5.07. The van der Waals surface area contributed by atoms with E-state index in [9.17, 15) is 4.79 Å². The molecule has 0 fully saturated rings. The fourth-order valence-corrected chi connectivity index (χ4v) is 3.92. The lowest BCUT2D eigenvalue weighted by Crippen LogP contribution is -2.14. The lowest BCUT2D eigenvalue weighted by atomic mass is 9.99. The number of amides is 1. The number of hydrogen-bond donors (Lipinski definition) is 1. The van der Waals surface area contributed by atoms with Crippen LogP contribution in [-0.2, 0) is 11.3 Å². The molecule has 3 aromatic rings. The highest BCUT2D eigenvalue weighted by Crippen LogP contribution is 2.27. The first-order valence-corrected chi connectivity index (χ1v) is 11.1. The van der Waals surface area contributed by atoms with Crippen molar-refractivity contribution in [1.29, 1.82) is 0 Å². The van der Waals surface area contributed by atoms with Crippen molar-refractivity contribution in [3.63, 3.8) is 0 Å². The maximum absolute atomic E-state index is 12.4. The zero-order valence-electron chi connectivity index (χ0n) is 17.9. The van der Waals surface area contributed by atoms with Crippen molar-refractivity contribution in [3.05, 3.63) is 54.1 Å². The number of rotatable bonds is 9. The third-order valence-corrected chi connectivity index (χ3v) is 6.04. The number of thioether (sulfide) groups is 1. The van der Waals surface area contributed by atoms with Gasteiger partial charge in [0, 0.05) is 17.8 Å². The number of benzene rings is 2. The van der Waals surface area contributed by atoms with Gasteiger partial charge in [0.2, 0.25) is 5.91 Å². The molecule has 0 aliphatic carbocycles. The van der Waals surface area contributed by atoms with Gasteiger partial charge in [-0.05, 0) is 49.1 Å². The average Bonchev–Trinajstić information content (AvgIpc) is 3.20. The van der Waals surface area contributed by atoms with Crippen LogP contribution in [0.3, 0.4) is 0 Å². The molecule has 3 rings (SSSR count). The fourth-order valence-electron chi connectivity index (χ4n) is 3.11. The molecule has 30 heavy (non-hydrogen) atoms. The molecule has 1 heterocycles. The highest BCUT2D eigenvalue weighted by molar-refractivity contribution is 7.99. The molecule has 0 aliphatic heterocycles. The molecule has 0 saturated carbocycles. The number of hydrogen-bond acceptors (Lipinski definition) is 5. The normalized spacial score (nSPS) is 11.9. The molecule has 1 aromatic heterocycles. The number of nitrogens with one attached hydrogen (secondary N) is 1. The Hall–Kier alpha value is -2.80. The van der Waals surface area contributed by atoms with Crippen molar-refractivity contribution >= 4 is 23.4 Å². The molecule has 0 spiro atoms. The van der Waals surface area contributed by atoms with Crippen LogP contribution in [0.15, 0.2) is 53.7 Å². The molecular weight excluding hydrogens is 396 g/mol. The van der Waals surface area contributed by atoms with Crippen molar-refractivity contribution in [2.75, 3.05) is 18.2 Å². The molecule has 1 amide bonds. The van der Waals surface area contributed by atoms with E-state index in [1.807, 2.05) is 47.9 Å². The van der Waals surface area contributed by atoms with Gasteiger partial charge in [0.05, 0.1) is 12.9 Å². The Morgan fingerprint density at radius 2 is 1.93 bits per heavy atom. The van der Waals surface area contributed by atoms with Gasteiger partial charge in [0.1, 0.15) is 5.75 Å². The molecule has 0 unspecified atom stereocenters. The number of ether oxygens (including phenoxy) is 1. The van der Waals surface area contributed by atoms with E-state index in [1.54, 1.807) is 7.11 Å². The summed E-state index contributed by atoms with van der Waals surface area (Å²) in [7, 11) is 1.64. The number of anilines is 1. The van der Waals surface area contributed by atoms with Crippen LogP contribution in [0.1, 0.15) is 38.7 Å². The molecule has 0 bridgehead atoms. The largest absolute Gasteiger partial charge is 0.497 e. The standard InChI is InChI=1S/C23H28N4O2S/c1-5-16(3)17-10-12-19(13-11-17)24-21(28)15-30-23-26-25-22(27(23)6-2)18-8-7-9-20(14-18)29-4/h7-14,16H,5-6,15H2,1-4H3,(H,24,28)/t16-/m1/s1. The predicted molar refractivity (Wildman–Crippen MR) is 122 cm³/mol. The van der Waals surface area contributed by atoms with Gasteiger partial charge >= 0.3 is 0 Å². The van der Waals surface area contributed by atoms with E-state index in [1.165, 1.54) is 17.3 Å². The van der Waals surface area contributed by atoms with Crippen molar-refractivity contribution < 1.29 is 9.53 Å². The van der Waals surface area contributed by atoms with E-state index < -0.39 is 0 Å². The summed E-state index contributed by atoms with van der Waals surface area (Å²) in [5.74, 6) is 2.25. The Balaban J connectivity index is 1.64. The molecular formula is C23H28N4O2S. The van der Waals surface area contributed by atoms with Crippen LogP contribution in [0, 0.1) is 0 Å². The minimum absolute atomic E-state index is 0.0649. The van der Waals surface area contributed by atoms with Gasteiger partial charge in [0.15, 0.2) is 11.0 Å². The van der Waals surface area contributed by atoms with Crippen molar-refractivity contribution in [1.82, 2.24) is 14.8 Å². The van der Waals surface area contributed by atoms with E-state index in [0.29, 0.717) is 12.5 Å². The monoisotopic (exact) mass is 424 g/mol. The molecule has 7 heteroatoms.